The van der Waals surface area contributed by atoms with Gasteiger partial charge in [-0.2, -0.15) is 0 Å². The quantitative estimate of drug-likeness (QED) is 0.605. The highest BCUT2D eigenvalue weighted by atomic mass is 19.1. The lowest BCUT2D eigenvalue weighted by atomic mass is 9.87. The van der Waals surface area contributed by atoms with Crippen LogP contribution >= 0.6 is 0 Å². The second kappa shape index (κ2) is 8.26. The summed E-state index contributed by atoms with van der Waals surface area (Å²) in [6.07, 6.45) is 1.41. The van der Waals surface area contributed by atoms with Crippen molar-refractivity contribution >= 4 is 17.6 Å². The third-order valence-corrected chi connectivity index (χ3v) is 5.45. The predicted molar refractivity (Wildman–Crippen MR) is 114 cm³/mol. The lowest BCUT2D eigenvalue weighted by molar-refractivity contribution is -0.116. The summed E-state index contributed by atoms with van der Waals surface area (Å²) < 4.78 is 32.0. The zero-order valence-corrected chi connectivity index (χ0v) is 17.6. The first kappa shape index (κ1) is 21.2. The molecule has 2 heterocycles. The van der Waals surface area contributed by atoms with Crippen LogP contribution in [-0.2, 0) is 4.79 Å². The van der Waals surface area contributed by atoms with Gasteiger partial charge in [-0.25, -0.2) is 9.18 Å². The van der Waals surface area contributed by atoms with Gasteiger partial charge in [-0.3, -0.25) is 4.79 Å². The molecule has 2 aromatic carbocycles. The number of carboxylic acid groups (broad SMARTS) is 1. The molecule has 1 aromatic heterocycles. The highest BCUT2D eigenvalue weighted by Crippen LogP contribution is 2.49. The summed E-state index contributed by atoms with van der Waals surface area (Å²) in [5.74, 6) is -1.47. The van der Waals surface area contributed by atoms with Crippen molar-refractivity contribution in [2.24, 2.45) is 0 Å². The Labute approximate surface area is 183 Å². The molecule has 9 heteroatoms. The molecule has 0 saturated carbocycles. The largest absolute Gasteiger partial charge is 0.493 e. The number of fused-ring (bicyclic) bond motifs is 1. The maximum absolute atomic E-state index is 14.0. The number of aromatic carboxylic acids is 1. The highest BCUT2D eigenvalue weighted by Gasteiger charge is 2.36. The fourth-order valence-corrected chi connectivity index (χ4v) is 4.13. The molecule has 0 bridgehead atoms. The van der Waals surface area contributed by atoms with Crippen molar-refractivity contribution in [2.75, 3.05) is 26.6 Å². The molecule has 4 rings (SSSR count). The van der Waals surface area contributed by atoms with E-state index >= 15 is 0 Å². The number of halogens is 1. The van der Waals surface area contributed by atoms with E-state index in [1.807, 2.05) is 0 Å². The number of hydrogen-bond donors (Lipinski definition) is 2. The van der Waals surface area contributed by atoms with Crippen LogP contribution in [0.5, 0.6) is 17.2 Å². The van der Waals surface area contributed by atoms with Gasteiger partial charge in [-0.1, -0.05) is 12.1 Å². The third-order valence-electron chi connectivity index (χ3n) is 5.45. The summed E-state index contributed by atoms with van der Waals surface area (Å²) >= 11 is 0. The summed E-state index contributed by atoms with van der Waals surface area (Å²) in [6.45, 7) is 0. The monoisotopic (exact) mass is 440 g/mol. The van der Waals surface area contributed by atoms with Crippen LogP contribution in [-0.4, -0.2) is 42.9 Å². The minimum atomic E-state index is -1.21. The Morgan fingerprint density at radius 1 is 1.12 bits per heavy atom. The molecule has 0 unspecified atom stereocenters. The Morgan fingerprint density at radius 2 is 1.88 bits per heavy atom. The summed E-state index contributed by atoms with van der Waals surface area (Å²) in [5.41, 5.74) is 1.60. The smallest absolute Gasteiger partial charge is 0.339 e. The minimum absolute atomic E-state index is 0.0250. The van der Waals surface area contributed by atoms with E-state index in [-0.39, 0.29) is 23.6 Å². The number of nitrogens with one attached hydrogen (secondary N) is 1. The van der Waals surface area contributed by atoms with Gasteiger partial charge in [-0.05, 0) is 24.3 Å². The van der Waals surface area contributed by atoms with Gasteiger partial charge in [-0.15, -0.1) is 0 Å². The molecule has 1 amide bonds. The minimum Gasteiger partial charge on any atom is -0.493 e. The molecule has 0 spiro atoms. The van der Waals surface area contributed by atoms with E-state index in [1.54, 1.807) is 22.8 Å². The van der Waals surface area contributed by atoms with E-state index in [4.69, 9.17) is 14.2 Å². The summed E-state index contributed by atoms with van der Waals surface area (Å²) in [5, 5.41) is 12.4. The third kappa shape index (κ3) is 3.41. The average molecular weight is 440 g/mol. The number of anilines is 1. The molecule has 0 fully saturated rings. The Morgan fingerprint density at radius 3 is 2.50 bits per heavy atom. The molecular formula is C23H21FN2O6. The number of carbonyl (C=O) groups excluding carboxylic acids is 1. The van der Waals surface area contributed by atoms with E-state index in [2.05, 4.69) is 5.32 Å². The standard InChI is InChI=1S/C23H21FN2O6/c1-30-17-8-7-14(21(31-2)22(17)32-3)15-10-18(27)25-19-16(23(28)29)11-26(20(15)19)13-6-4-5-12(24)9-13/h4-9,11,15H,10H2,1-3H3,(H,25,27)(H,28,29)/t15-/m1/s1. The average Bonchev–Trinajstić information content (AvgIpc) is 3.17. The van der Waals surface area contributed by atoms with Crippen LogP contribution < -0.4 is 19.5 Å². The molecule has 1 atom stereocenters. The van der Waals surface area contributed by atoms with Crippen LogP contribution in [0.4, 0.5) is 10.1 Å². The van der Waals surface area contributed by atoms with E-state index in [9.17, 15) is 19.1 Å². The number of methoxy groups -OCH3 is 3. The first-order valence-corrected chi connectivity index (χ1v) is 9.72. The molecule has 0 saturated heterocycles. The zero-order chi connectivity index (χ0) is 23.0. The molecule has 3 aromatic rings. The number of hydrogen-bond acceptors (Lipinski definition) is 5. The van der Waals surface area contributed by atoms with Crippen LogP contribution in [0.2, 0.25) is 0 Å². The van der Waals surface area contributed by atoms with Crippen LogP contribution in [0.1, 0.15) is 34.0 Å². The fourth-order valence-electron chi connectivity index (χ4n) is 4.13. The van der Waals surface area contributed by atoms with Crippen molar-refractivity contribution in [3.05, 3.63) is 65.2 Å². The second-order valence-corrected chi connectivity index (χ2v) is 7.19. The van der Waals surface area contributed by atoms with E-state index in [0.29, 0.717) is 34.2 Å². The van der Waals surface area contributed by atoms with Gasteiger partial charge < -0.3 is 29.2 Å². The lowest BCUT2D eigenvalue weighted by Crippen LogP contribution is -2.26. The molecule has 1 aliphatic rings. The number of aromatic nitrogens is 1. The van der Waals surface area contributed by atoms with Gasteiger partial charge in [0.25, 0.3) is 0 Å². The molecule has 1 aliphatic heterocycles. The molecule has 166 valence electrons. The van der Waals surface area contributed by atoms with Crippen molar-refractivity contribution < 1.29 is 33.3 Å². The number of carboxylic acids is 1. The van der Waals surface area contributed by atoms with E-state index in [0.717, 1.165) is 0 Å². The number of nitrogens with zero attached hydrogens (tertiary/aromatic N) is 1. The molecule has 8 nitrogen and oxygen atoms in total. The second-order valence-electron chi connectivity index (χ2n) is 7.19. The van der Waals surface area contributed by atoms with Gasteiger partial charge in [0.2, 0.25) is 11.7 Å². The van der Waals surface area contributed by atoms with Gasteiger partial charge in [0.15, 0.2) is 11.5 Å². The first-order valence-electron chi connectivity index (χ1n) is 9.72. The number of carbonyl (C=O) groups is 2. The van der Waals surface area contributed by atoms with Crippen molar-refractivity contribution in [1.29, 1.82) is 0 Å². The first-order chi connectivity index (χ1) is 15.4. The summed E-state index contributed by atoms with van der Waals surface area (Å²) in [6, 6.07) is 9.23. The van der Waals surface area contributed by atoms with Gasteiger partial charge in [0.1, 0.15) is 11.4 Å². The normalized spacial score (nSPS) is 15.0. The van der Waals surface area contributed by atoms with Crippen LogP contribution in [0, 0.1) is 5.82 Å². The van der Waals surface area contributed by atoms with E-state index < -0.39 is 17.7 Å². The van der Waals surface area contributed by atoms with Crippen LogP contribution in [0.3, 0.4) is 0 Å². The van der Waals surface area contributed by atoms with Gasteiger partial charge >= 0.3 is 5.97 Å². The lowest BCUT2D eigenvalue weighted by Gasteiger charge is -2.28. The number of amides is 1. The highest BCUT2D eigenvalue weighted by molar-refractivity contribution is 6.04. The molecule has 0 radical (unpaired) electrons. The van der Waals surface area contributed by atoms with Crippen LogP contribution in [0.15, 0.2) is 42.6 Å². The summed E-state index contributed by atoms with van der Waals surface area (Å²) in [4.78, 5) is 24.5. The van der Waals surface area contributed by atoms with Gasteiger partial charge in [0, 0.05) is 29.8 Å². The van der Waals surface area contributed by atoms with E-state index in [1.165, 1.54) is 45.7 Å². The number of rotatable bonds is 6. The number of ether oxygens (including phenoxy) is 3. The zero-order valence-electron chi connectivity index (χ0n) is 17.6. The predicted octanol–water partition coefficient (Wildman–Crippen LogP) is 3.81. The fraction of sp³-hybridized carbons (Fsp3) is 0.217. The molecule has 32 heavy (non-hydrogen) atoms. The van der Waals surface area contributed by atoms with Crippen molar-refractivity contribution in [2.45, 2.75) is 12.3 Å². The topological polar surface area (TPSA) is 99.0 Å². The SMILES string of the molecule is COc1ccc([C@H]2CC(=O)Nc3c(C(=O)O)cn(-c4cccc(F)c4)c32)c(OC)c1OC. The Balaban J connectivity index is 2.01. The maximum Gasteiger partial charge on any atom is 0.339 e. The van der Waals surface area contributed by atoms with Crippen molar-refractivity contribution in [3.63, 3.8) is 0 Å². The Bertz CT molecular complexity index is 1220. The van der Waals surface area contributed by atoms with Crippen molar-refractivity contribution in [1.82, 2.24) is 4.57 Å². The number of benzene rings is 2. The van der Waals surface area contributed by atoms with Crippen molar-refractivity contribution in [3.8, 4) is 22.9 Å². The van der Waals surface area contributed by atoms with Crippen LogP contribution in [0.25, 0.3) is 5.69 Å². The molecular weight excluding hydrogens is 419 g/mol. The molecule has 0 aliphatic carbocycles. The maximum atomic E-state index is 14.0. The Hall–Kier alpha value is -4.01. The summed E-state index contributed by atoms with van der Waals surface area (Å²) in [7, 11) is 4.44. The Kier molecular flexibility index (Phi) is 5.48. The van der Waals surface area contributed by atoms with Gasteiger partial charge in [0.05, 0.1) is 32.7 Å². The molecule has 2 N–H and O–H groups in total.